The first-order valence-corrected chi connectivity index (χ1v) is 13.3. The van der Waals surface area contributed by atoms with Crippen LogP contribution in [0.5, 0.6) is 5.75 Å². The number of ether oxygens (including phenoxy) is 2. The van der Waals surface area contributed by atoms with Crippen molar-refractivity contribution in [3.63, 3.8) is 0 Å². The highest BCUT2D eigenvalue weighted by Gasteiger charge is 2.34. The molecule has 1 aliphatic carbocycles. The molecule has 0 spiro atoms. The number of aliphatic hydroxyl groups is 1. The van der Waals surface area contributed by atoms with Crippen molar-refractivity contribution in [3.05, 3.63) is 23.8 Å². The summed E-state index contributed by atoms with van der Waals surface area (Å²) < 4.78 is 11.8. The summed E-state index contributed by atoms with van der Waals surface area (Å²) in [4.78, 5) is 32.5. The van der Waals surface area contributed by atoms with Crippen LogP contribution in [0.2, 0.25) is 0 Å². The molecule has 9 nitrogen and oxygen atoms in total. The van der Waals surface area contributed by atoms with Gasteiger partial charge in [-0.1, -0.05) is 6.92 Å². The predicted octanol–water partition coefficient (Wildman–Crippen LogP) is 1.91. The fourth-order valence-electron chi connectivity index (χ4n) is 4.95. The van der Waals surface area contributed by atoms with Gasteiger partial charge in [0, 0.05) is 57.3 Å². The summed E-state index contributed by atoms with van der Waals surface area (Å²) in [5.74, 6) is 1.13. The molecule has 2 N–H and O–H groups in total. The zero-order chi connectivity index (χ0) is 25.7. The Morgan fingerprint density at radius 1 is 1.25 bits per heavy atom. The Labute approximate surface area is 214 Å². The van der Waals surface area contributed by atoms with Crippen LogP contribution < -0.4 is 10.1 Å². The van der Waals surface area contributed by atoms with Gasteiger partial charge in [-0.05, 0) is 50.9 Å². The third kappa shape index (κ3) is 7.18. The van der Waals surface area contributed by atoms with Gasteiger partial charge in [0.2, 0.25) is 5.91 Å². The number of benzene rings is 1. The number of nitrogens with one attached hydrogen (secondary N) is 1. The van der Waals surface area contributed by atoms with E-state index in [4.69, 9.17) is 9.47 Å². The molecule has 4 rings (SSSR count). The minimum absolute atomic E-state index is 0.0885. The SMILES string of the molecule is C[C@@H]1CN([C@@H](C)CO)C(=O)c2cc(NC(=O)CCN3CCOCC3)ccc2O[C@@H]1CN(C)CC1CC1. The van der Waals surface area contributed by atoms with Crippen LogP contribution in [-0.2, 0) is 9.53 Å². The first kappa shape index (κ1) is 26.9. The van der Waals surface area contributed by atoms with E-state index in [1.54, 1.807) is 23.1 Å². The van der Waals surface area contributed by atoms with Crippen molar-refractivity contribution in [2.24, 2.45) is 11.8 Å². The first-order chi connectivity index (χ1) is 17.3. The molecule has 9 heteroatoms. The standard InChI is InChI=1S/C27H42N4O5/c1-19-15-31(20(2)18-32)27(34)23-14-22(28-26(33)8-9-30-10-12-35-13-11-30)6-7-24(23)36-25(19)17-29(3)16-21-4-5-21/h6-7,14,19-21,25,32H,4-5,8-13,15-18H2,1-3H3,(H,28,33)/t19-,20+,25-/m1/s1. The fourth-order valence-corrected chi connectivity index (χ4v) is 4.95. The Morgan fingerprint density at radius 2 is 2.00 bits per heavy atom. The molecule has 1 aromatic rings. The van der Waals surface area contributed by atoms with E-state index < -0.39 is 0 Å². The maximum Gasteiger partial charge on any atom is 0.258 e. The van der Waals surface area contributed by atoms with Gasteiger partial charge in [0.05, 0.1) is 31.4 Å². The highest BCUT2D eigenvalue weighted by Crippen LogP contribution is 2.32. The largest absolute Gasteiger partial charge is 0.488 e. The Bertz CT molecular complexity index is 902. The Morgan fingerprint density at radius 3 is 2.69 bits per heavy atom. The van der Waals surface area contributed by atoms with E-state index in [9.17, 15) is 14.7 Å². The van der Waals surface area contributed by atoms with Crippen LogP contribution >= 0.6 is 0 Å². The summed E-state index contributed by atoms with van der Waals surface area (Å²) in [5, 5.41) is 12.8. The van der Waals surface area contributed by atoms with Crippen LogP contribution in [0.4, 0.5) is 5.69 Å². The number of likely N-dealkylation sites (N-methyl/N-ethyl adjacent to an activating group) is 1. The van der Waals surface area contributed by atoms with Gasteiger partial charge in [0.1, 0.15) is 11.9 Å². The molecule has 3 aliphatic rings. The second kappa shape index (κ2) is 12.4. The number of nitrogens with zero attached hydrogens (tertiary/aromatic N) is 3. The van der Waals surface area contributed by atoms with Gasteiger partial charge in [-0.2, -0.15) is 0 Å². The minimum Gasteiger partial charge on any atom is -0.488 e. The molecule has 0 unspecified atom stereocenters. The molecule has 1 aromatic carbocycles. The topological polar surface area (TPSA) is 94.6 Å². The molecule has 36 heavy (non-hydrogen) atoms. The van der Waals surface area contributed by atoms with Crippen molar-refractivity contribution in [2.75, 3.05) is 71.5 Å². The molecule has 0 aromatic heterocycles. The maximum atomic E-state index is 13.6. The molecule has 2 heterocycles. The molecule has 2 fully saturated rings. The Kier molecular flexibility index (Phi) is 9.22. The number of rotatable bonds is 10. The number of anilines is 1. The predicted molar refractivity (Wildman–Crippen MR) is 138 cm³/mol. The molecule has 1 saturated heterocycles. The molecular formula is C27H42N4O5. The number of carbonyl (C=O) groups excluding carboxylic acids is 2. The average molecular weight is 503 g/mol. The van der Waals surface area contributed by atoms with E-state index >= 15 is 0 Å². The first-order valence-electron chi connectivity index (χ1n) is 13.3. The Balaban J connectivity index is 1.49. The van der Waals surface area contributed by atoms with Crippen molar-refractivity contribution in [3.8, 4) is 5.75 Å². The van der Waals surface area contributed by atoms with Gasteiger partial charge in [-0.3, -0.25) is 14.5 Å². The van der Waals surface area contributed by atoms with Crippen molar-refractivity contribution in [2.45, 2.75) is 45.3 Å². The molecule has 2 aliphatic heterocycles. The molecule has 1 saturated carbocycles. The van der Waals surface area contributed by atoms with Crippen molar-refractivity contribution < 1.29 is 24.2 Å². The number of aliphatic hydroxyl groups excluding tert-OH is 1. The van der Waals surface area contributed by atoms with E-state index in [0.29, 0.717) is 49.7 Å². The quantitative estimate of drug-likeness (QED) is 0.505. The molecule has 0 radical (unpaired) electrons. The van der Waals surface area contributed by atoms with Crippen molar-refractivity contribution in [1.82, 2.24) is 14.7 Å². The summed E-state index contributed by atoms with van der Waals surface area (Å²) in [7, 11) is 2.13. The Hall–Kier alpha value is -2.20. The molecule has 200 valence electrons. The number of amides is 2. The van der Waals surface area contributed by atoms with Gasteiger partial charge in [0.25, 0.3) is 5.91 Å². The van der Waals surface area contributed by atoms with E-state index in [1.165, 1.54) is 12.8 Å². The summed E-state index contributed by atoms with van der Waals surface area (Å²) in [5.41, 5.74) is 0.994. The van der Waals surface area contributed by atoms with Gasteiger partial charge in [-0.15, -0.1) is 0 Å². The molecule has 0 bridgehead atoms. The minimum atomic E-state index is -0.317. The van der Waals surface area contributed by atoms with Crippen molar-refractivity contribution >= 4 is 17.5 Å². The van der Waals surface area contributed by atoms with Crippen molar-refractivity contribution in [1.29, 1.82) is 0 Å². The number of hydrogen-bond acceptors (Lipinski definition) is 7. The summed E-state index contributed by atoms with van der Waals surface area (Å²) in [6, 6.07) is 4.99. The van der Waals surface area contributed by atoms with E-state index in [-0.39, 0.29) is 36.5 Å². The monoisotopic (exact) mass is 502 g/mol. The van der Waals surface area contributed by atoms with E-state index in [2.05, 4.69) is 29.1 Å². The molecular weight excluding hydrogens is 460 g/mol. The van der Waals surface area contributed by atoms with E-state index in [0.717, 1.165) is 32.1 Å². The highest BCUT2D eigenvalue weighted by atomic mass is 16.5. The highest BCUT2D eigenvalue weighted by molar-refractivity contribution is 5.99. The number of morpholine rings is 1. The second-order valence-electron chi connectivity index (χ2n) is 10.8. The lowest BCUT2D eigenvalue weighted by atomic mass is 9.99. The lowest BCUT2D eigenvalue weighted by Crippen LogP contribution is -2.50. The second-order valence-corrected chi connectivity index (χ2v) is 10.8. The van der Waals surface area contributed by atoms with Crippen LogP contribution in [0.15, 0.2) is 18.2 Å². The van der Waals surface area contributed by atoms with Crippen LogP contribution in [0.25, 0.3) is 0 Å². The van der Waals surface area contributed by atoms with Crippen LogP contribution in [-0.4, -0.2) is 110 Å². The zero-order valence-electron chi connectivity index (χ0n) is 21.9. The summed E-state index contributed by atoms with van der Waals surface area (Å²) in [6.45, 7) is 9.94. The lowest BCUT2D eigenvalue weighted by molar-refractivity contribution is -0.116. The van der Waals surface area contributed by atoms with Crippen LogP contribution in [0, 0.1) is 11.8 Å². The van der Waals surface area contributed by atoms with Gasteiger partial charge in [-0.25, -0.2) is 0 Å². The average Bonchev–Trinajstić information content (AvgIpc) is 3.69. The van der Waals surface area contributed by atoms with Gasteiger partial charge >= 0.3 is 0 Å². The summed E-state index contributed by atoms with van der Waals surface area (Å²) >= 11 is 0. The lowest BCUT2D eigenvalue weighted by Gasteiger charge is -2.38. The summed E-state index contributed by atoms with van der Waals surface area (Å²) in [6.07, 6.45) is 2.88. The normalized spacial score (nSPS) is 24.0. The molecule has 2 amide bonds. The van der Waals surface area contributed by atoms with Gasteiger partial charge < -0.3 is 29.7 Å². The van der Waals surface area contributed by atoms with Crippen LogP contribution in [0.3, 0.4) is 0 Å². The smallest absolute Gasteiger partial charge is 0.258 e. The number of carbonyl (C=O) groups is 2. The van der Waals surface area contributed by atoms with Crippen LogP contribution in [0.1, 0.15) is 43.5 Å². The third-order valence-electron chi connectivity index (χ3n) is 7.47. The molecule has 3 atom stereocenters. The van der Waals surface area contributed by atoms with Gasteiger partial charge in [0.15, 0.2) is 0 Å². The fraction of sp³-hybridized carbons (Fsp3) is 0.704. The maximum absolute atomic E-state index is 13.6. The number of hydrogen-bond donors (Lipinski definition) is 2. The third-order valence-corrected chi connectivity index (χ3v) is 7.47. The zero-order valence-corrected chi connectivity index (χ0v) is 21.9. The van der Waals surface area contributed by atoms with E-state index in [1.807, 2.05) is 6.92 Å². The number of fused-ring (bicyclic) bond motifs is 1.